The van der Waals surface area contributed by atoms with E-state index in [2.05, 4.69) is 39.3 Å². The maximum absolute atomic E-state index is 16.1. The van der Waals surface area contributed by atoms with Crippen LogP contribution in [-0.2, 0) is 9.13 Å². The molecule has 0 radical (unpaired) electrons. The third-order valence-electron chi connectivity index (χ3n) is 7.52. The van der Waals surface area contributed by atoms with Crippen molar-refractivity contribution in [3.63, 3.8) is 0 Å². The van der Waals surface area contributed by atoms with Gasteiger partial charge in [0.2, 0.25) is 0 Å². The van der Waals surface area contributed by atoms with Gasteiger partial charge in [-0.05, 0) is 12.1 Å². The van der Waals surface area contributed by atoms with Crippen LogP contribution in [0.5, 0.6) is 11.5 Å². The summed E-state index contributed by atoms with van der Waals surface area (Å²) < 4.78 is 45.4. The zero-order valence-electron chi connectivity index (χ0n) is 27.6. The van der Waals surface area contributed by atoms with Crippen LogP contribution in [0.1, 0.15) is 0 Å². The van der Waals surface area contributed by atoms with E-state index >= 15 is 9.13 Å². The first kappa shape index (κ1) is 33.9. The van der Waals surface area contributed by atoms with Crippen molar-refractivity contribution < 1.29 is 18.6 Å². The summed E-state index contributed by atoms with van der Waals surface area (Å²) in [5.41, 5.74) is 0. The van der Waals surface area contributed by atoms with Crippen molar-refractivity contribution in [3.05, 3.63) is 133 Å². The minimum atomic E-state index is -3.60. The molecule has 0 aliphatic heterocycles. The van der Waals surface area contributed by atoms with Gasteiger partial charge >= 0.3 is 0 Å². The lowest BCUT2D eigenvalue weighted by Gasteiger charge is -2.30. The van der Waals surface area contributed by atoms with E-state index < -0.39 is 30.4 Å². The third-order valence-corrected chi connectivity index (χ3v) is 15.9. The molecular weight excluding hydrogens is 639 g/mol. The van der Waals surface area contributed by atoms with Crippen LogP contribution in [0.4, 0.5) is 0 Å². The third kappa shape index (κ3) is 7.42. The second kappa shape index (κ2) is 13.8. The van der Waals surface area contributed by atoms with Gasteiger partial charge in [0.1, 0.15) is 0 Å². The predicted molar refractivity (Wildman–Crippen MR) is 203 cm³/mol. The van der Waals surface area contributed by atoms with Crippen LogP contribution in [0.3, 0.4) is 0 Å². The Labute approximate surface area is 276 Å². The molecule has 4 nitrogen and oxygen atoms in total. The molecule has 238 valence electrons. The average molecular weight is 683 g/mol. The molecule has 0 aliphatic rings. The van der Waals surface area contributed by atoms with E-state index in [1.54, 1.807) is 0 Å². The summed E-state index contributed by atoms with van der Waals surface area (Å²) in [7, 11) is -10.5. The van der Waals surface area contributed by atoms with Crippen molar-refractivity contribution in [2.24, 2.45) is 0 Å². The van der Waals surface area contributed by atoms with E-state index in [9.17, 15) is 0 Å². The molecule has 8 heteroatoms. The Morgan fingerprint density at radius 3 is 0.891 bits per heavy atom. The maximum Gasteiger partial charge on any atom is 0.171 e. The molecule has 46 heavy (non-hydrogen) atoms. The van der Waals surface area contributed by atoms with Crippen molar-refractivity contribution in [1.29, 1.82) is 0 Å². The van der Waals surface area contributed by atoms with Crippen LogP contribution >= 0.6 is 14.3 Å². The van der Waals surface area contributed by atoms with Crippen molar-refractivity contribution in [2.75, 3.05) is 12.5 Å². The van der Waals surface area contributed by atoms with E-state index in [1.807, 2.05) is 133 Å². The van der Waals surface area contributed by atoms with Crippen LogP contribution in [-0.4, -0.2) is 28.6 Å². The first-order valence-electron chi connectivity index (χ1n) is 15.7. The molecule has 0 spiro atoms. The molecule has 0 heterocycles. The highest BCUT2D eigenvalue weighted by Crippen LogP contribution is 2.50. The van der Waals surface area contributed by atoms with Crippen molar-refractivity contribution >= 4 is 62.3 Å². The first-order chi connectivity index (χ1) is 21.8. The zero-order chi connectivity index (χ0) is 33.0. The monoisotopic (exact) mass is 682 g/mol. The minimum Gasteiger partial charge on any atom is -0.493 e. The fraction of sp³-hybridized carbons (Fsp3) is 0.211. The van der Waals surface area contributed by atoms with Gasteiger partial charge in [-0.25, -0.2) is 0 Å². The Morgan fingerprint density at radius 2 is 0.674 bits per heavy atom. The van der Waals surface area contributed by atoms with E-state index in [0.717, 1.165) is 0 Å². The molecule has 0 aliphatic carbocycles. The highest BCUT2D eigenvalue weighted by Gasteiger charge is 2.41. The van der Waals surface area contributed by atoms with Gasteiger partial charge in [0.25, 0.3) is 0 Å². The molecule has 0 saturated heterocycles. The molecule has 5 aromatic carbocycles. The first-order valence-corrected chi connectivity index (χ1v) is 26.5. The van der Waals surface area contributed by atoms with Gasteiger partial charge in [-0.15, -0.1) is 0 Å². The number of ether oxygens (including phenoxy) is 2. The SMILES string of the molecule is C[Si](C)(C)COc1cc(P(=O)(c2ccccc2)c2ccccc2)c(P(=O)(c2ccccc2)c2ccccc2)cc1OC[Si](C)(C)C. The summed E-state index contributed by atoms with van der Waals surface area (Å²) in [6.45, 7) is 13.5. The molecule has 5 aromatic rings. The normalized spacial score (nSPS) is 12.5. The van der Waals surface area contributed by atoms with E-state index in [-0.39, 0.29) is 0 Å². The Bertz CT molecular complexity index is 1630. The molecule has 0 aromatic heterocycles. The predicted octanol–water partition coefficient (Wildman–Crippen LogP) is 7.48. The second-order valence-corrected chi connectivity index (χ2v) is 30.3. The van der Waals surface area contributed by atoms with Gasteiger partial charge < -0.3 is 18.6 Å². The fourth-order valence-corrected chi connectivity index (χ4v) is 12.7. The molecule has 5 rings (SSSR count). The van der Waals surface area contributed by atoms with Gasteiger partial charge in [0, 0.05) is 31.8 Å². The standard InChI is InChI=1S/C38H44O4P2Si2/c1-45(2,3)29-41-35-27-37(43(39,31-19-11-7-12-20-31)32-21-13-8-14-22-32)38(28-36(35)42-30-46(4,5)6)44(40,33-23-15-9-16-24-33)34-25-17-10-18-26-34/h7-28H,29-30H2,1-6H3. The summed E-state index contributed by atoms with van der Waals surface area (Å²) in [6.07, 6.45) is 1.12. The summed E-state index contributed by atoms with van der Waals surface area (Å²) in [5, 5.41) is 3.69. The Balaban J connectivity index is 1.94. The summed E-state index contributed by atoms with van der Waals surface area (Å²) in [4.78, 5) is 0. The second-order valence-electron chi connectivity index (χ2n) is 14.0. The number of benzene rings is 5. The lowest BCUT2D eigenvalue weighted by Crippen LogP contribution is -2.39. The van der Waals surface area contributed by atoms with Gasteiger partial charge in [0.05, 0.1) is 28.6 Å². The number of hydrogen-bond acceptors (Lipinski definition) is 4. The van der Waals surface area contributed by atoms with Crippen LogP contribution in [0.25, 0.3) is 0 Å². The maximum atomic E-state index is 16.1. The van der Waals surface area contributed by atoms with Crippen LogP contribution in [0.2, 0.25) is 39.3 Å². The molecule has 0 saturated carbocycles. The van der Waals surface area contributed by atoms with Gasteiger partial charge in [-0.2, -0.15) is 0 Å². The Kier molecular flexibility index (Phi) is 10.1. The fourth-order valence-electron chi connectivity index (χ4n) is 5.26. The Hall–Kier alpha value is -3.41. The average Bonchev–Trinajstić information content (AvgIpc) is 3.06. The van der Waals surface area contributed by atoms with Crippen molar-refractivity contribution in [1.82, 2.24) is 0 Å². The smallest absolute Gasteiger partial charge is 0.171 e. The minimum absolute atomic E-state index is 0.506. The molecule has 0 amide bonds. The molecule has 0 fully saturated rings. The quantitative estimate of drug-likeness (QED) is 0.101. The van der Waals surface area contributed by atoms with Crippen molar-refractivity contribution in [2.45, 2.75) is 39.3 Å². The van der Waals surface area contributed by atoms with Gasteiger partial charge in [0.15, 0.2) is 25.8 Å². The van der Waals surface area contributed by atoms with E-state index in [1.165, 1.54) is 0 Å². The lowest BCUT2D eigenvalue weighted by molar-refractivity contribution is 0.322. The topological polar surface area (TPSA) is 52.6 Å². The highest BCUT2D eigenvalue weighted by molar-refractivity contribution is 7.90. The van der Waals surface area contributed by atoms with Gasteiger partial charge in [-0.3, -0.25) is 0 Å². The Morgan fingerprint density at radius 1 is 0.435 bits per heavy atom. The van der Waals surface area contributed by atoms with Crippen LogP contribution in [0.15, 0.2) is 133 Å². The molecule has 0 atom stereocenters. The summed E-state index contributed by atoms with van der Waals surface area (Å²) in [5.74, 6) is 1.08. The van der Waals surface area contributed by atoms with Crippen molar-refractivity contribution in [3.8, 4) is 11.5 Å². The van der Waals surface area contributed by atoms with E-state index in [4.69, 9.17) is 9.47 Å². The lowest BCUT2D eigenvalue weighted by atomic mass is 10.3. The number of rotatable bonds is 12. The highest BCUT2D eigenvalue weighted by atomic mass is 31.2. The molecular formula is C38H44O4P2Si2. The summed E-state index contributed by atoms with van der Waals surface area (Å²) in [6, 6.07) is 42.0. The number of hydrogen-bond donors (Lipinski definition) is 0. The molecule has 0 N–H and O–H groups in total. The largest absolute Gasteiger partial charge is 0.493 e. The van der Waals surface area contributed by atoms with Crippen LogP contribution < -0.4 is 41.3 Å². The van der Waals surface area contributed by atoms with E-state index in [0.29, 0.717) is 55.8 Å². The summed E-state index contributed by atoms with van der Waals surface area (Å²) >= 11 is 0. The molecule has 0 bridgehead atoms. The molecule has 0 unspecified atom stereocenters. The van der Waals surface area contributed by atoms with Gasteiger partial charge in [-0.1, -0.05) is 161 Å². The zero-order valence-corrected chi connectivity index (χ0v) is 31.4. The van der Waals surface area contributed by atoms with Crippen LogP contribution in [0, 0.1) is 0 Å².